The molecule has 17 heavy (non-hydrogen) atoms. The van der Waals surface area contributed by atoms with Crippen LogP contribution in [0, 0.1) is 5.92 Å². The minimum absolute atomic E-state index is 0.176. The van der Waals surface area contributed by atoms with Crippen LogP contribution in [0.25, 0.3) is 0 Å². The molecule has 2 unspecified atom stereocenters. The van der Waals surface area contributed by atoms with E-state index in [0.29, 0.717) is 12.3 Å². The van der Waals surface area contributed by atoms with Crippen molar-refractivity contribution in [2.75, 3.05) is 13.2 Å². The zero-order valence-corrected chi connectivity index (χ0v) is 10.6. The molecule has 0 rings (SSSR count). The van der Waals surface area contributed by atoms with Gasteiger partial charge in [0, 0.05) is 0 Å². The molecule has 0 bridgehead atoms. The molecule has 0 saturated heterocycles. The number of carbonyl (C=O) groups excluding carboxylic acids is 2. The first-order chi connectivity index (χ1) is 7.92. The third-order valence-electron chi connectivity index (χ3n) is 2.15. The minimum atomic E-state index is -1.34. The number of hydrogen-bond acceptors (Lipinski definition) is 5. The number of nitrogens with one attached hydrogen (secondary N) is 1. The Morgan fingerprint density at radius 2 is 2.00 bits per heavy atom. The summed E-state index contributed by atoms with van der Waals surface area (Å²) in [4.78, 5) is 22.8. The Morgan fingerprint density at radius 1 is 1.41 bits per heavy atom. The highest BCUT2D eigenvalue weighted by atomic mass is 16.5. The first-order valence-corrected chi connectivity index (χ1v) is 5.75. The van der Waals surface area contributed by atoms with Gasteiger partial charge in [0.25, 0.3) is 0 Å². The van der Waals surface area contributed by atoms with E-state index in [1.54, 1.807) is 6.92 Å². The number of esters is 1. The van der Waals surface area contributed by atoms with Crippen molar-refractivity contribution in [3.8, 4) is 0 Å². The van der Waals surface area contributed by atoms with E-state index in [9.17, 15) is 9.59 Å². The van der Waals surface area contributed by atoms with Gasteiger partial charge in [-0.25, -0.2) is 4.79 Å². The summed E-state index contributed by atoms with van der Waals surface area (Å²) >= 11 is 0. The molecule has 0 heterocycles. The lowest BCUT2D eigenvalue weighted by atomic mass is 10.0. The minimum Gasteiger partial charge on any atom is -0.464 e. The van der Waals surface area contributed by atoms with Crippen molar-refractivity contribution in [3.63, 3.8) is 0 Å². The van der Waals surface area contributed by atoms with Gasteiger partial charge < -0.3 is 20.9 Å². The Hall–Kier alpha value is -1.14. The molecule has 100 valence electrons. The number of nitrogens with two attached hydrogens (primary N) is 1. The monoisotopic (exact) mass is 246 g/mol. The van der Waals surface area contributed by atoms with Crippen LogP contribution in [0.1, 0.15) is 27.2 Å². The smallest absolute Gasteiger partial charge is 0.332 e. The van der Waals surface area contributed by atoms with Gasteiger partial charge in [0.15, 0.2) is 6.04 Å². The van der Waals surface area contributed by atoms with Crippen molar-refractivity contribution in [2.24, 2.45) is 11.7 Å². The maximum Gasteiger partial charge on any atom is 0.332 e. The van der Waals surface area contributed by atoms with E-state index in [4.69, 9.17) is 10.8 Å². The average molecular weight is 246 g/mol. The molecule has 0 aliphatic heterocycles. The zero-order chi connectivity index (χ0) is 13.4. The van der Waals surface area contributed by atoms with E-state index in [2.05, 4.69) is 10.1 Å². The molecule has 0 fully saturated rings. The SMILES string of the molecule is CCOC(=O)C(N)C(=O)NC(CO)CC(C)C. The van der Waals surface area contributed by atoms with Crippen molar-refractivity contribution < 1.29 is 19.4 Å². The van der Waals surface area contributed by atoms with Crippen LogP contribution in [0.2, 0.25) is 0 Å². The van der Waals surface area contributed by atoms with E-state index in [1.165, 1.54) is 0 Å². The van der Waals surface area contributed by atoms with Crippen LogP contribution in [-0.2, 0) is 14.3 Å². The molecule has 0 aromatic heterocycles. The summed E-state index contributed by atoms with van der Waals surface area (Å²) in [6.45, 7) is 5.58. The Bertz CT molecular complexity index is 256. The van der Waals surface area contributed by atoms with Gasteiger partial charge in [0.2, 0.25) is 5.91 Å². The number of aliphatic hydroxyl groups is 1. The molecule has 4 N–H and O–H groups in total. The molecule has 0 aromatic carbocycles. The van der Waals surface area contributed by atoms with Gasteiger partial charge in [0.05, 0.1) is 19.3 Å². The van der Waals surface area contributed by atoms with Gasteiger partial charge in [-0.3, -0.25) is 4.79 Å². The molecule has 6 heteroatoms. The second kappa shape index (κ2) is 8.03. The Kier molecular flexibility index (Phi) is 7.49. The molecular formula is C11H22N2O4. The quantitative estimate of drug-likeness (QED) is 0.411. The number of amides is 1. The molecule has 2 atom stereocenters. The van der Waals surface area contributed by atoms with Crippen LogP contribution in [0.3, 0.4) is 0 Å². The average Bonchev–Trinajstić information content (AvgIpc) is 2.26. The van der Waals surface area contributed by atoms with E-state index in [1.807, 2.05) is 13.8 Å². The lowest BCUT2D eigenvalue weighted by Gasteiger charge is -2.20. The summed E-state index contributed by atoms with van der Waals surface area (Å²) in [5, 5.41) is 11.6. The summed E-state index contributed by atoms with van der Waals surface area (Å²) < 4.78 is 4.63. The number of aliphatic hydroxyl groups excluding tert-OH is 1. The predicted molar refractivity (Wildman–Crippen MR) is 63.1 cm³/mol. The molecule has 6 nitrogen and oxygen atoms in total. The Labute approximate surface area is 102 Å². The number of rotatable bonds is 7. The van der Waals surface area contributed by atoms with Crippen molar-refractivity contribution in [2.45, 2.75) is 39.3 Å². The van der Waals surface area contributed by atoms with Gasteiger partial charge in [-0.05, 0) is 19.3 Å². The summed E-state index contributed by atoms with van der Waals surface area (Å²) in [6, 6.07) is -1.72. The molecule has 0 saturated carbocycles. The van der Waals surface area contributed by atoms with Crippen LogP contribution >= 0.6 is 0 Å². The molecule has 0 spiro atoms. The van der Waals surface area contributed by atoms with Crippen LogP contribution in [0.15, 0.2) is 0 Å². The van der Waals surface area contributed by atoms with Crippen LogP contribution in [-0.4, -0.2) is 42.3 Å². The predicted octanol–water partition coefficient (Wildman–Crippen LogP) is -0.600. The molecule has 0 aliphatic rings. The summed E-state index contributed by atoms with van der Waals surface area (Å²) in [5.41, 5.74) is 5.41. The van der Waals surface area contributed by atoms with E-state index in [0.717, 1.165) is 0 Å². The highest BCUT2D eigenvalue weighted by molar-refractivity contribution is 6.01. The summed E-state index contributed by atoms with van der Waals surface area (Å²) in [5.74, 6) is -1.05. The van der Waals surface area contributed by atoms with Crippen molar-refractivity contribution in [1.29, 1.82) is 0 Å². The molecule has 0 aliphatic carbocycles. The van der Waals surface area contributed by atoms with Crippen molar-refractivity contribution in [3.05, 3.63) is 0 Å². The van der Waals surface area contributed by atoms with Crippen LogP contribution in [0.5, 0.6) is 0 Å². The third kappa shape index (κ3) is 6.23. The fourth-order valence-corrected chi connectivity index (χ4v) is 1.38. The first-order valence-electron chi connectivity index (χ1n) is 5.75. The largest absolute Gasteiger partial charge is 0.464 e. The molecule has 0 aromatic rings. The molecule has 0 radical (unpaired) electrons. The fraction of sp³-hybridized carbons (Fsp3) is 0.818. The van der Waals surface area contributed by atoms with Crippen molar-refractivity contribution >= 4 is 11.9 Å². The normalized spacial score (nSPS) is 14.2. The Morgan fingerprint density at radius 3 is 2.41 bits per heavy atom. The number of ether oxygens (including phenoxy) is 1. The van der Waals surface area contributed by atoms with Gasteiger partial charge in [-0.1, -0.05) is 13.8 Å². The Balaban J connectivity index is 4.25. The maximum absolute atomic E-state index is 11.6. The second-order valence-electron chi connectivity index (χ2n) is 4.25. The summed E-state index contributed by atoms with van der Waals surface area (Å²) in [7, 11) is 0. The topological polar surface area (TPSA) is 102 Å². The highest BCUT2D eigenvalue weighted by Crippen LogP contribution is 2.04. The van der Waals surface area contributed by atoms with Crippen LogP contribution in [0.4, 0.5) is 0 Å². The standard InChI is InChI=1S/C11H22N2O4/c1-4-17-11(16)9(12)10(15)13-8(6-14)5-7(2)3/h7-9,14H,4-6,12H2,1-3H3,(H,13,15). The maximum atomic E-state index is 11.6. The summed E-state index contributed by atoms with van der Waals surface area (Å²) in [6.07, 6.45) is 0.623. The van der Waals surface area contributed by atoms with Crippen molar-refractivity contribution in [1.82, 2.24) is 5.32 Å². The molecule has 1 amide bonds. The van der Waals surface area contributed by atoms with Crippen LogP contribution < -0.4 is 11.1 Å². The first kappa shape index (κ1) is 15.9. The van der Waals surface area contributed by atoms with Gasteiger partial charge in [-0.15, -0.1) is 0 Å². The van der Waals surface area contributed by atoms with Gasteiger partial charge in [0.1, 0.15) is 0 Å². The third-order valence-corrected chi connectivity index (χ3v) is 2.15. The second-order valence-corrected chi connectivity index (χ2v) is 4.25. The van der Waals surface area contributed by atoms with E-state index in [-0.39, 0.29) is 19.3 Å². The lowest BCUT2D eigenvalue weighted by molar-refractivity contribution is -0.148. The highest BCUT2D eigenvalue weighted by Gasteiger charge is 2.25. The fourth-order valence-electron chi connectivity index (χ4n) is 1.38. The molecular weight excluding hydrogens is 224 g/mol. The number of hydrogen-bond donors (Lipinski definition) is 3. The van der Waals surface area contributed by atoms with E-state index < -0.39 is 17.9 Å². The lowest BCUT2D eigenvalue weighted by Crippen LogP contribution is -2.51. The zero-order valence-electron chi connectivity index (χ0n) is 10.6. The van der Waals surface area contributed by atoms with Gasteiger partial charge in [-0.2, -0.15) is 0 Å². The number of carbonyl (C=O) groups is 2. The van der Waals surface area contributed by atoms with Gasteiger partial charge >= 0.3 is 5.97 Å². The van der Waals surface area contributed by atoms with E-state index >= 15 is 0 Å².